The molecule has 1 heterocycles. The van der Waals surface area contributed by atoms with Crippen LogP contribution in [0, 0.1) is 0 Å². The zero-order valence-electron chi connectivity index (χ0n) is 14.1. The molecule has 3 aromatic carbocycles. The van der Waals surface area contributed by atoms with E-state index in [0.29, 0.717) is 0 Å². The van der Waals surface area contributed by atoms with Crippen LogP contribution in [-0.2, 0) is 22.3 Å². The molecule has 0 saturated carbocycles. The Bertz CT molecular complexity index is 822. The van der Waals surface area contributed by atoms with E-state index < -0.39 is 0 Å². The maximum Gasteiger partial charge on any atom is 0.0701 e. The summed E-state index contributed by atoms with van der Waals surface area (Å²) in [5.74, 6) is 0. The van der Waals surface area contributed by atoms with Crippen molar-refractivity contribution >= 4 is 21.5 Å². The quantitative estimate of drug-likeness (QED) is 0.548. The van der Waals surface area contributed by atoms with Gasteiger partial charge in [-0.05, 0) is 58.4 Å². The van der Waals surface area contributed by atoms with Crippen LogP contribution in [0.15, 0.2) is 48.5 Å². The number of aryl methyl sites for hydroxylation is 2. The van der Waals surface area contributed by atoms with Crippen LogP contribution in [0.1, 0.15) is 24.0 Å². The lowest BCUT2D eigenvalue weighted by molar-refractivity contribution is -0.0334. The molecule has 0 bridgehead atoms. The first-order valence-corrected chi connectivity index (χ1v) is 9.01. The Labute approximate surface area is 143 Å². The van der Waals surface area contributed by atoms with Gasteiger partial charge in [0.15, 0.2) is 0 Å². The number of hydrogen-bond acceptors (Lipinski definition) is 2. The minimum atomic E-state index is 0.778. The van der Waals surface area contributed by atoms with Crippen LogP contribution in [0.5, 0.6) is 0 Å². The van der Waals surface area contributed by atoms with Gasteiger partial charge in [-0.3, -0.25) is 0 Å². The molecule has 3 aromatic rings. The number of hydrogen-bond donors (Lipinski definition) is 0. The van der Waals surface area contributed by atoms with Crippen molar-refractivity contribution in [1.29, 1.82) is 0 Å². The van der Waals surface area contributed by atoms with E-state index in [-0.39, 0.29) is 0 Å². The van der Waals surface area contributed by atoms with Crippen molar-refractivity contribution in [2.45, 2.75) is 25.7 Å². The first kappa shape index (κ1) is 15.6. The van der Waals surface area contributed by atoms with Crippen LogP contribution >= 0.6 is 0 Å². The van der Waals surface area contributed by atoms with E-state index in [9.17, 15) is 0 Å². The highest BCUT2D eigenvalue weighted by Crippen LogP contribution is 2.33. The molecule has 0 spiro atoms. The molecule has 1 aliphatic heterocycles. The molecule has 124 valence electrons. The fraction of sp³-hybridized carbons (Fsp3) is 0.364. The molecule has 1 saturated heterocycles. The Morgan fingerprint density at radius 1 is 0.583 bits per heavy atom. The number of rotatable bonds is 0. The Balaban J connectivity index is 0.000000207. The van der Waals surface area contributed by atoms with E-state index in [1.807, 2.05) is 0 Å². The van der Waals surface area contributed by atoms with E-state index in [1.165, 1.54) is 47.2 Å². The van der Waals surface area contributed by atoms with Gasteiger partial charge in [0.25, 0.3) is 0 Å². The molecule has 2 aliphatic rings. The van der Waals surface area contributed by atoms with Gasteiger partial charge in [0.1, 0.15) is 0 Å². The molecular formula is C22H24O2. The van der Waals surface area contributed by atoms with Crippen LogP contribution < -0.4 is 0 Å². The molecule has 2 heteroatoms. The fourth-order valence-corrected chi connectivity index (χ4v) is 3.78. The van der Waals surface area contributed by atoms with E-state index in [0.717, 1.165) is 26.4 Å². The summed E-state index contributed by atoms with van der Waals surface area (Å²) in [6, 6.07) is 18.0. The first-order valence-electron chi connectivity index (χ1n) is 9.01. The van der Waals surface area contributed by atoms with Crippen LogP contribution in [-0.4, -0.2) is 26.4 Å². The highest BCUT2D eigenvalue weighted by Gasteiger charge is 2.13. The average Bonchev–Trinajstić information content (AvgIpc) is 2.69. The summed E-state index contributed by atoms with van der Waals surface area (Å²) >= 11 is 0. The first-order chi connectivity index (χ1) is 11.9. The minimum Gasteiger partial charge on any atom is -0.377 e. The van der Waals surface area contributed by atoms with Gasteiger partial charge in [-0.15, -0.1) is 0 Å². The van der Waals surface area contributed by atoms with Crippen molar-refractivity contribution in [3.05, 3.63) is 59.7 Å². The summed E-state index contributed by atoms with van der Waals surface area (Å²) in [4.78, 5) is 0. The third kappa shape index (κ3) is 3.17. The van der Waals surface area contributed by atoms with E-state index >= 15 is 0 Å². The normalized spacial score (nSPS) is 17.2. The largest absolute Gasteiger partial charge is 0.377 e. The van der Waals surface area contributed by atoms with Gasteiger partial charge in [-0.1, -0.05) is 48.5 Å². The minimum absolute atomic E-state index is 0.778. The molecule has 5 rings (SSSR count). The molecule has 0 radical (unpaired) electrons. The van der Waals surface area contributed by atoms with Gasteiger partial charge in [0.05, 0.1) is 26.4 Å². The highest BCUT2D eigenvalue weighted by molar-refractivity contribution is 6.08. The van der Waals surface area contributed by atoms with E-state index in [4.69, 9.17) is 9.47 Å². The number of benzene rings is 3. The molecular weight excluding hydrogens is 296 g/mol. The Morgan fingerprint density at radius 2 is 1.29 bits per heavy atom. The number of ether oxygens (including phenoxy) is 2. The van der Waals surface area contributed by atoms with Gasteiger partial charge in [-0.2, -0.15) is 0 Å². The molecule has 1 fully saturated rings. The SMILES string of the molecule is C1COCCO1.c1ccc2c(c1)ccc1c3c(ccc12)CCCC3. The van der Waals surface area contributed by atoms with Crippen LogP contribution in [0.4, 0.5) is 0 Å². The lowest BCUT2D eigenvalue weighted by Gasteiger charge is -2.18. The summed E-state index contributed by atoms with van der Waals surface area (Å²) in [6.45, 7) is 3.11. The third-order valence-electron chi connectivity index (χ3n) is 5.00. The summed E-state index contributed by atoms with van der Waals surface area (Å²) in [7, 11) is 0. The molecule has 2 nitrogen and oxygen atoms in total. The highest BCUT2D eigenvalue weighted by atomic mass is 16.6. The second kappa shape index (κ2) is 7.33. The average molecular weight is 320 g/mol. The van der Waals surface area contributed by atoms with E-state index in [1.54, 1.807) is 11.1 Å². The molecule has 0 atom stereocenters. The maximum absolute atomic E-state index is 4.94. The van der Waals surface area contributed by atoms with Crippen molar-refractivity contribution in [2.75, 3.05) is 26.4 Å². The van der Waals surface area contributed by atoms with Crippen molar-refractivity contribution in [2.24, 2.45) is 0 Å². The molecule has 24 heavy (non-hydrogen) atoms. The molecule has 1 aliphatic carbocycles. The lowest BCUT2D eigenvalue weighted by Crippen LogP contribution is -2.16. The maximum atomic E-state index is 4.94. The van der Waals surface area contributed by atoms with Gasteiger partial charge in [0.2, 0.25) is 0 Å². The molecule has 0 unspecified atom stereocenters. The predicted octanol–water partition coefficient (Wildman–Crippen LogP) is 4.91. The fourth-order valence-electron chi connectivity index (χ4n) is 3.78. The van der Waals surface area contributed by atoms with Gasteiger partial charge in [-0.25, -0.2) is 0 Å². The molecule has 0 N–H and O–H groups in total. The van der Waals surface area contributed by atoms with Gasteiger partial charge >= 0.3 is 0 Å². The van der Waals surface area contributed by atoms with Crippen LogP contribution in [0.2, 0.25) is 0 Å². The zero-order chi connectivity index (χ0) is 16.2. The van der Waals surface area contributed by atoms with Gasteiger partial charge < -0.3 is 9.47 Å². The van der Waals surface area contributed by atoms with Gasteiger partial charge in [0, 0.05) is 0 Å². The van der Waals surface area contributed by atoms with Crippen LogP contribution in [0.3, 0.4) is 0 Å². The lowest BCUT2D eigenvalue weighted by atomic mass is 9.86. The monoisotopic (exact) mass is 320 g/mol. The predicted molar refractivity (Wildman–Crippen MR) is 99.7 cm³/mol. The second-order valence-electron chi connectivity index (χ2n) is 6.52. The van der Waals surface area contributed by atoms with Crippen LogP contribution in [0.25, 0.3) is 21.5 Å². The number of fused-ring (bicyclic) bond motifs is 5. The Morgan fingerprint density at radius 3 is 2.08 bits per heavy atom. The molecule has 0 amide bonds. The Kier molecular flexibility index (Phi) is 4.77. The summed E-state index contributed by atoms with van der Waals surface area (Å²) in [6.07, 6.45) is 5.22. The smallest absolute Gasteiger partial charge is 0.0701 e. The topological polar surface area (TPSA) is 18.5 Å². The van der Waals surface area contributed by atoms with Crippen molar-refractivity contribution in [3.8, 4) is 0 Å². The van der Waals surface area contributed by atoms with E-state index in [2.05, 4.69) is 48.5 Å². The summed E-state index contributed by atoms with van der Waals surface area (Å²) in [5, 5.41) is 5.64. The summed E-state index contributed by atoms with van der Waals surface area (Å²) in [5.41, 5.74) is 3.17. The van der Waals surface area contributed by atoms with Crippen molar-refractivity contribution in [3.63, 3.8) is 0 Å². The third-order valence-corrected chi connectivity index (χ3v) is 5.00. The Hall–Kier alpha value is -1.90. The zero-order valence-corrected chi connectivity index (χ0v) is 14.1. The molecule has 0 aromatic heterocycles. The summed E-state index contributed by atoms with van der Waals surface area (Å²) < 4.78 is 9.89. The second-order valence-corrected chi connectivity index (χ2v) is 6.52. The van der Waals surface area contributed by atoms with Crippen molar-refractivity contribution in [1.82, 2.24) is 0 Å². The standard InChI is InChI=1S/C18H16.C4H8O2/c1-3-7-15-13(5-1)9-11-18-16-8-4-2-6-14(16)10-12-17(15)18;1-2-6-4-3-5-1/h1,3,5,7,9-12H,2,4,6,8H2;1-4H2. The van der Waals surface area contributed by atoms with Crippen molar-refractivity contribution < 1.29 is 9.47 Å².